The number of imide groups is 1. The van der Waals surface area contributed by atoms with Gasteiger partial charge < -0.3 is 4.74 Å². The monoisotopic (exact) mass is 465 g/mol. The third kappa shape index (κ3) is 4.75. The number of amides is 2. The van der Waals surface area contributed by atoms with Gasteiger partial charge in [0.05, 0.1) is 11.4 Å². The molecule has 0 aromatic heterocycles. The molecule has 2 amide bonds. The SMILES string of the molecule is Cc1ccc(CN2C(=O)S/C(=C\c3cccc(OCc4cccc5ccccc45)c3)C2=O)cc1. The van der Waals surface area contributed by atoms with Gasteiger partial charge in [0.1, 0.15) is 12.4 Å². The normalized spacial score (nSPS) is 14.9. The molecule has 1 heterocycles. The summed E-state index contributed by atoms with van der Waals surface area (Å²) in [7, 11) is 0. The highest BCUT2D eigenvalue weighted by atomic mass is 32.2. The van der Waals surface area contributed by atoms with Gasteiger partial charge >= 0.3 is 0 Å². The van der Waals surface area contributed by atoms with E-state index >= 15 is 0 Å². The van der Waals surface area contributed by atoms with Crippen molar-refractivity contribution >= 4 is 39.8 Å². The standard InChI is InChI=1S/C29H23NO3S/c1-20-12-14-21(15-13-20)18-30-28(31)27(34-29(30)32)17-22-6-4-10-25(16-22)33-19-24-9-5-8-23-7-2-3-11-26(23)24/h2-17H,18-19H2,1H3/b27-17-. The Bertz CT molecular complexity index is 1400. The Kier molecular flexibility index (Phi) is 6.19. The van der Waals surface area contributed by atoms with Crippen molar-refractivity contribution in [3.63, 3.8) is 0 Å². The predicted molar refractivity (Wildman–Crippen MR) is 137 cm³/mol. The lowest BCUT2D eigenvalue weighted by atomic mass is 10.1. The first kappa shape index (κ1) is 22.0. The van der Waals surface area contributed by atoms with E-state index in [2.05, 4.69) is 24.3 Å². The molecule has 1 saturated heterocycles. The summed E-state index contributed by atoms with van der Waals surface area (Å²) in [5.41, 5.74) is 4.00. The molecule has 0 radical (unpaired) electrons. The maximum Gasteiger partial charge on any atom is 0.293 e. The Morgan fingerprint density at radius 3 is 2.50 bits per heavy atom. The van der Waals surface area contributed by atoms with E-state index in [0.29, 0.717) is 17.3 Å². The van der Waals surface area contributed by atoms with Crippen LogP contribution in [0.2, 0.25) is 0 Å². The number of fused-ring (bicyclic) bond motifs is 1. The lowest BCUT2D eigenvalue weighted by Gasteiger charge is -2.12. The first-order valence-electron chi connectivity index (χ1n) is 11.1. The van der Waals surface area contributed by atoms with Crippen LogP contribution in [0.4, 0.5) is 4.79 Å². The highest BCUT2D eigenvalue weighted by molar-refractivity contribution is 8.18. The largest absolute Gasteiger partial charge is 0.489 e. The summed E-state index contributed by atoms with van der Waals surface area (Å²) < 4.78 is 6.06. The number of thioether (sulfide) groups is 1. The predicted octanol–water partition coefficient (Wildman–Crippen LogP) is 6.96. The molecule has 5 heteroatoms. The van der Waals surface area contributed by atoms with Crippen molar-refractivity contribution in [2.24, 2.45) is 0 Å². The van der Waals surface area contributed by atoms with Crippen LogP contribution < -0.4 is 4.74 Å². The van der Waals surface area contributed by atoms with E-state index in [-0.39, 0.29) is 17.7 Å². The summed E-state index contributed by atoms with van der Waals surface area (Å²) in [6.07, 6.45) is 1.75. The van der Waals surface area contributed by atoms with Crippen LogP contribution in [0.25, 0.3) is 16.8 Å². The van der Waals surface area contributed by atoms with Gasteiger partial charge in [-0.3, -0.25) is 14.5 Å². The molecule has 1 aliphatic heterocycles. The maximum absolute atomic E-state index is 12.9. The number of aryl methyl sites for hydroxylation is 1. The Balaban J connectivity index is 1.30. The second kappa shape index (κ2) is 9.57. The molecule has 0 spiro atoms. The minimum atomic E-state index is -0.266. The zero-order valence-corrected chi connectivity index (χ0v) is 19.5. The summed E-state index contributed by atoms with van der Waals surface area (Å²) in [6, 6.07) is 29.8. The second-order valence-electron chi connectivity index (χ2n) is 8.25. The molecule has 0 saturated carbocycles. The molecule has 4 aromatic rings. The van der Waals surface area contributed by atoms with Crippen molar-refractivity contribution in [2.45, 2.75) is 20.1 Å². The van der Waals surface area contributed by atoms with Crippen molar-refractivity contribution in [3.05, 3.63) is 118 Å². The number of hydrogen-bond donors (Lipinski definition) is 0. The Hall–Kier alpha value is -3.83. The lowest BCUT2D eigenvalue weighted by Crippen LogP contribution is -2.27. The number of nitrogens with zero attached hydrogens (tertiary/aromatic N) is 1. The van der Waals surface area contributed by atoms with E-state index in [9.17, 15) is 9.59 Å². The number of rotatable bonds is 6. The summed E-state index contributed by atoms with van der Waals surface area (Å²) in [4.78, 5) is 27.1. The van der Waals surface area contributed by atoms with Crippen LogP contribution in [0.15, 0.2) is 95.9 Å². The van der Waals surface area contributed by atoms with Crippen molar-refractivity contribution in [1.29, 1.82) is 0 Å². The van der Waals surface area contributed by atoms with E-state index in [4.69, 9.17) is 4.74 Å². The summed E-state index contributed by atoms with van der Waals surface area (Å²) in [5.74, 6) is 0.443. The van der Waals surface area contributed by atoms with Gasteiger partial charge in [0.15, 0.2) is 0 Å². The van der Waals surface area contributed by atoms with Gasteiger partial charge in [-0.25, -0.2) is 0 Å². The lowest BCUT2D eigenvalue weighted by molar-refractivity contribution is -0.123. The Labute approximate surface area is 202 Å². The van der Waals surface area contributed by atoms with Gasteiger partial charge in [0.25, 0.3) is 11.1 Å². The van der Waals surface area contributed by atoms with Crippen LogP contribution >= 0.6 is 11.8 Å². The average molecular weight is 466 g/mol. The van der Waals surface area contributed by atoms with Crippen LogP contribution in [0, 0.1) is 6.92 Å². The van der Waals surface area contributed by atoms with Gasteiger partial charge in [0.2, 0.25) is 0 Å². The van der Waals surface area contributed by atoms with Crippen LogP contribution in [-0.4, -0.2) is 16.0 Å². The minimum absolute atomic E-state index is 0.250. The van der Waals surface area contributed by atoms with Crippen LogP contribution in [0.3, 0.4) is 0 Å². The summed E-state index contributed by atoms with van der Waals surface area (Å²) in [5, 5.41) is 2.10. The van der Waals surface area contributed by atoms with Gasteiger partial charge in [-0.2, -0.15) is 0 Å². The van der Waals surface area contributed by atoms with Crippen molar-refractivity contribution < 1.29 is 14.3 Å². The van der Waals surface area contributed by atoms with Crippen LogP contribution in [-0.2, 0) is 17.9 Å². The van der Waals surface area contributed by atoms with Crippen LogP contribution in [0.1, 0.15) is 22.3 Å². The summed E-state index contributed by atoms with van der Waals surface area (Å²) in [6.45, 7) is 2.72. The highest BCUT2D eigenvalue weighted by Crippen LogP contribution is 2.34. The number of carbonyl (C=O) groups is 2. The molecule has 0 atom stereocenters. The summed E-state index contributed by atoms with van der Waals surface area (Å²) >= 11 is 0.974. The van der Waals surface area contributed by atoms with Crippen molar-refractivity contribution in [1.82, 2.24) is 4.90 Å². The molecule has 0 bridgehead atoms. The maximum atomic E-state index is 12.9. The first-order chi connectivity index (χ1) is 16.6. The molecule has 0 N–H and O–H groups in total. The fourth-order valence-corrected chi connectivity index (χ4v) is 4.78. The fourth-order valence-electron chi connectivity index (χ4n) is 3.94. The number of carbonyl (C=O) groups excluding carboxylic acids is 2. The van der Waals surface area contributed by atoms with E-state index in [0.717, 1.165) is 34.0 Å². The molecule has 1 fully saturated rings. The quantitative estimate of drug-likeness (QED) is 0.289. The molecule has 4 nitrogen and oxygen atoms in total. The minimum Gasteiger partial charge on any atom is -0.489 e. The van der Waals surface area contributed by atoms with Gasteiger partial charge in [-0.05, 0) is 64.4 Å². The van der Waals surface area contributed by atoms with Gasteiger partial charge in [-0.1, -0.05) is 84.4 Å². The molecule has 0 aliphatic carbocycles. The third-order valence-corrected chi connectivity index (χ3v) is 6.67. The fraction of sp³-hybridized carbons (Fsp3) is 0.103. The smallest absolute Gasteiger partial charge is 0.293 e. The molecule has 34 heavy (non-hydrogen) atoms. The molecular formula is C29H23NO3S. The molecule has 168 valence electrons. The highest BCUT2D eigenvalue weighted by Gasteiger charge is 2.34. The molecule has 0 unspecified atom stereocenters. The third-order valence-electron chi connectivity index (χ3n) is 5.77. The first-order valence-corrected chi connectivity index (χ1v) is 11.9. The second-order valence-corrected chi connectivity index (χ2v) is 9.25. The van der Waals surface area contributed by atoms with Gasteiger partial charge in [-0.15, -0.1) is 0 Å². The van der Waals surface area contributed by atoms with E-state index < -0.39 is 0 Å². The molecule has 5 rings (SSSR count). The zero-order chi connectivity index (χ0) is 23.5. The number of ether oxygens (including phenoxy) is 1. The average Bonchev–Trinajstić information content (AvgIpc) is 3.11. The topological polar surface area (TPSA) is 46.6 Å². The number of benzene rings is 4. The van der Waals surface area contributed by atoms with E-state index in [1.807, 2.05) is 73.7 Å². The van der Waals surface area contributed by atoms with Crippen molar-refractivity contribution in [2.75, 3.05) is 0 Å². The van der Waals surface area contributed by atoms with E-state index in [1.54, 1.807) is 6.08 Å². The van der Waals surface area contributed by atoms with Gasteiger partial charge in [0, 0.05) is 0 Å². The van der Waals surface area contributed by atoms with Crippen LogP contribution in [0.5, 0.6) is 5.75 Å². The van der Waals surface area contributed by atoms with E-state index in [1.165, 1.54) is 15.7 Å². The Morgan fingerprint density at radius 2 is 1.65 bits per heavy atom. The Morgan fingerprint density at radius 1 is 0.882 bits per heavy atom. The molecular weight excluding hydrogens is 442 g/mol. The van der Waals surface area contributed by atoms with Crippen molar-refractivity contribution in [3.8, 4) is 5.75 Å². The number of hydrogen-bond acceptors (Lipinski definition) is 4. The molecule has 4 aromatic carbocycles. The zero-order valence-electron chi connectivity index (χ0n) is 18.7. The molecule has 1 aliphatic rings.